The molecule has 0 spiro atoms. The maximum absolute atomic E-state index is 12.0. The molecule has 7 nitrogen and oxygen atoms in total. The van der Waals surface area contributed by atoms with E-state index < -0.39 is 0 Å². The van der Waals surface area contributed by atoms with Crippen molar-refractivity contribution < 1.29 is 4.79 Å². The molecule has 0 aliphatic carbocycles. The lowest BCUT2D eigenvalue weighted by atomic mass is 9.90. The lowest BCUT2D eigenvalue weighted by Crippen LogP contribution is -2.40. The third-order valence-electron chi connectivity index (χ3n) is 5.28. The highest BCUT2D eigenvalue weighted by molar-refractivity contribution is 5.94. The van der Waals surface area contributed by atoms with Gasteiger partial charge < -0.3 is 20.9 Å². The number of hydrogen-bond acceptors (Lipinski definition) is 4. The number of guanidine groups is 1. The summed E-state index contributed by atoms with van der Waals surface area (Å²) in [6.07, 6.45) is 2.36. The predicted molar refractivity (Wildman–Crippen MR) is 123 cm³/mol. The third-order valence-corrected chi connectivity index (χ3v) is 5.28. The second-order valence-electron chi connectivity index (χ2n) is 7.31. The quantitative estimate of drug-likeness (QED) is 0.462. The van der Waals surface area contributed by atoms with Crippen LogP contribution in [-0.4, -0.2) is 43.0 Å². The summed E-state index contributed by atoms with van der Waals surface area (Å²) >= 11 is 0. The first-order valence-corrected chi connectivity index (χ1v) is 10.7. The molecule has 0 saturated heterocycles. The second kappa shape index (κ2) is 10.6. The van der Waals surface area contributed by atoms with Gasteiger partial charge in [0.2, 0.25) is 5.91 Å². The van der Waals surface area contributed by atoms with Gasteiger partial charge in [0.25, 0.3) is 0 Å². The summed E-state index contributed by atoms with van der Waals surface area (Å²) < 4.78 is 0. The molecule has 1 aromatic carbocycles. The van der Waals surface area contributed by atoms with Crippen LogP contribution in [0.1, 0.15) is 44.2 Å². The molecular weight excluding hydrogens is 376 g/mol. The minimum atomic E-state index is 0.0572. The number of carbonyl (C=O) groups excluding carboxylic acids is 1. The number of para-hydroxylation sites is 1. The molecule has 0 bridgehead atoms. The van der Waals surface area contributed by atoms with Gasteiger partial charge in [-0.2, -0.15) is 0 Å². The Morgan fingerprint density at radius 3 is 2.67 bits per heavy atom. The Bertz CT molecular complexity index is 860. The molecule has 2 aromatic rings. The molecule has 0 radical (unpaired) electrons. The molecule has 1 aliphatic heterocycles. The number of rotatable bonds is 8. The number of carbonyl (C=O) groups is 1. The Balaban J connectivity index is 1.63. The van der Waals surface area contributed by atoms with E-state index in [1.54, 1.807) is 0 Å². The molecule has 3 N–H and O–H groups in total. The van der Waals surface area contributed by atoms with E-state index in [1.165, 1.54) is 0 Å². The highest BCUT2D eigenvalue weighted by Gasteiger charge is 2.24. The van der Waals surface area contributed by atoms with Crippen molar-refractivity contribution in [2.75, 3.05) is 36.4 Å². The number of nitrogens with zero attached hydrogens (tertiary/aromatic N) is 3. The normalized spacial score (nSPS) is 15.9. The zero-order valence-electron chi connectivity index (χ0n) is 18.1. The molecular formula is C23H32N6O. The average Bonchev–Trinajstić information content (AvgIpc) is 2.77. The molecule has 0 saturated carbocycles. The molecule has 1 amide bonds. The van der Waals surface area contributed by atoms with Crippen LogP contribution < -0.4 is 20.9 Å². The fourth-order valence-corrected chi connectivity index (χ4v) is 3.66. The van der Waals surface area contributed by atoms with E-state index in [4.69, 9.17) is 4.99 Å². The van der Waals surface area contributed by atoms with Crippen molar-refractivity contribution in [2.24, 2.45) is 4.99 Å². The summed E-state index contributed by atoms with van der Waals surface area (Å²) in [6.45, 7) is 10.2. The van der Waals surface area contributed by atoms with Crippen LogP contribution >= 0.6 is 0 Å². The van der Waals surface area contributed by atoms with Gasteiger partial charge in [-0.25, -0.2) is 9.98 Å². The van der Waals surface area contributed by atoms with Crippen LogP contribution in [0.5, 0.6) is 0 Å². The van der Waals surface area contributed by atoms with Crippen LogP contribution in [0.25, 0.3) is 0 Å². The number of aromatic nitrogens is 1. The molecule has 7 heteroatoms. The molecule has 1 unspecified atom stereocenters. The van der Waals surface area contributed by atoms with Crippen LogP contribution in [0, 0.1) is 0 Å². The Hall–Kier alpha value is -3.09. The number of anilines is 2. The van der Waals surface area contributed by atoms with Crippen LogP contribution in [0.3, 0.4) is 0 Å². The number of fused-ring (bicyclic) bond motifs is 1. The largest absolute Gasteiger partial charge is 0.357 e. The number of pyridine rings is 1. The summed E-state index contributed by atoms with van der Waals surface area (Å²) in [4.78, 5) is 23.5. The Kier molecular flexibility index (Phi) is 7.65. The highest BCUT2D eigenvalue weighted by atomic mass is 16.1. The van der Waals surface area contributed by atoms with Crippen molar-refractivity contribution in [3.8, 4) is 0 Å². The molecule has 30 heavy (non-hydrogen) atoms. The SMILES string of the molecule is CCNC(=NCc1ccc(N(CC)CC)nc1)NCC1CC(=O)Nc2ccccc21. The second-order valence-corrected chi connectivity index (χ2v) is 7.31. The zero-order chi connectivity index (χ0) is 21.3. The third kappa shape index (κ3) is 5.49. The van der Waals surface area contributed by atoms with Crippen LogP contribution in [0.15, 0.2) is 47.6 Å². The first-order valence-electron chi connectivity index (χ1n) is 10.7. The standard InChI is InChI=1S/C23H32N6O/c1-4-24-23(26-15-17-11-12-21(25-14-17)29(5-2)6-3)27-16-18-13-22(30)28-20-10-8-7-9-19(18)20/h7-12,14,18H,4-6,13,15-16H2,1-3H3,(H,28,30)(H2,24,26,27). The average molecular weight is 409 g/mol. The summed E-state index contributed by atoms with van der Waals surface area (Å²) in [5, 5.41) is 9.63. The molecule has 3 rings (SSSR count). The van der Waals surface area contributed by atoms with Gasteiger partial charge in [0.05, 0.1) is 6.54 Å². The van der Waals surface area contributed by atoms with E-state index in [1.807, 2.05) is 31.3 Å². The Labute approximate surface area is 179 Å². The highest BCUT2D eigenvalue weighted by Crippen LogP contribution is 2.31. The number of benzene rings is 1. The van der Waals surface area contributed by atoms with Gasteiger partial charge in [0, 0.05) is 50.4 Å². The Morgan fingerprint density at radius 1 is 1.17 bits per heavy atom. The molecule has 160 valence electrons. The number of aliphatic imine (C=N–C) groups is 1. The summed E-state index contributed by atoms with van der Waals surface area (Å²) in [5.74, 6) is 1.91. The van der Waals surface area contributed by atoms with E-state index >= 15 is 0 Å². The van der Waals surface area contributed by atoms with Crippen molar-refractivity contribution in [3.63, 3.8) is 0 Å². The predicted octanol–water partition coefficient (Wildman–Crippen LogP) is 3.11. The summed E-state index contributed by atoms with van der Waals surface area (Å²) in [5.41, 5.74) is 3.13. The number of hydrogen-bond donors (Lipinski definition) is 3. The minimum absolute atomic E-state index is 0.0572. The van der Waals surface area contributed by atoms with Gasteiger partial charge in [-0.3, -0.25) is 4.79 Å². The van der Waals surface area contributed by atoms with Crippen molar-refractivity contribution in [1.82, 2.24) is 15.6 Å². The first-order chi connectivity index (χ1) is 14.6. The van der Waals surface area contributed by atoms with E-state index in [2.05, 4.69) is 57.9 Å². The van der Waals surface area contributed by atoms with Crippen molar-refractivity contribution in [1.29, 1.82) is 0 Å². The van der Waals surface area contributed by atoms with Crippen molar-refractivity contribution >= 4 is 23.4 Å². The lowest BCUT2D eigenvalue weighted by Gasteiger charge is -2.26. The summed E-state index contributed by atoms with van der Waals surface area (Å²) in [7, 11) is 0. The number of nitrogens with one attached hydrogen (secondary N) is 3. The zero-order valence-corrected chi connectivity index (χ0v) is 18.1. The van der Waals surface area contributed by atoms with Gasteiger partial charge >= 0.3 is 0 Å². The maximum Gasteiger partial charge on any atom is 0.225 e. The molecule has 1 aliphatic rings. The lowest BCUT2D eigenvalue weighted by molar-refractivity contribution is -0.116. The van der Waals surface area contributed by atoms with Crippen molar-refractivity contribution in [2.45, 2.75) is 39.7 Å². The van der Waals surface area contributed by atoms with E-state index in [0.717, 1.165) is 48.2 Å². The molecule has 0 fully saturated rings. The van der Waals surface area contributed by atoms with Crippen LogP contribution in [-0.2, 0) is 11.3 Å². The van der Waals surface area contributed by atoms with Gasteiger partial charge in [0.15, 0.2) is 5.96 Å². The fraction of sp³-hybridized carbons (Fsp3) is 0.435. The van der Waals surface area contributed by atoms with E-state index in [9.17, 15) is 4.79 Å². The van der Waals surface area contributed by atoms with Crippen LogP contribution in [0.4, 0.5) is 11.5 Å². The first kappa shape index (κ1) is 21.6. The van der Waals surface area contributed by atoms with E-state index in [-0.39, 0.29) is 11.8 Å². The monoisotopic (exact) mass is 408 g/mol. The fourth-order valence-electron chi connectivity index (χ4n) is 3.66. The van der Waals surface area contributed by atoms with Gasteiger partial charge in [0.1, 0.15) is 5.82 Å². The van der Waals surface area contributed by atoms with Gasteiger partial charge in [-0.15, -0.1) is 0 Å². The number of amides is 1. The molecule has 1 atom stereocenters. The van der Waals surface area contributed by atoms with Gasteiger partial charge in [-0.05, 0) is 44.0 Å². The topological polar surface area (TPSA) is 81.7 Å². The maximum atomic E-state index is 12.0. The molecule has 1 aromatic heterocycles. The van der Waals surface area contributed by atoms with Gasteiger partial charge in [-0.1, -0.05) is 24.3 Å². The minimum Gasteiger partial charge on any atom is -0.357 e. The Morgan fingerprint density at radius 2 is 1.97 bits per heavy atom. The molecule has 2 heterocycles. The van der Waals surface area contributed by atoms with E-state index in [0.29, 0.717) is 19.5 Å². The summed E-state index contributed by atoms with van der Waals surface area (Å²) in [6, 6.07) is 12.1. The smallest absolute Gasteiger partial charge is 0.225 e. The van der Waals surface area contributed by atoms with Crippen LogP contribution in [0.2, 0.25) is 0 Å². The van der Waals surface area contributed by atoms with Crippen molar-refractivity contribution in [3.05, 3.63) is 53.7 Å².